The number of rotatable bonds is 2. The first kappa shape index (κ1) is 13.1. The molecule has 0 fully saturated rings. The second-order valence-electron chi connectivity index (χ2n) is 4.22. The fraction of sp³-hybridized carbons (Fsp3) is 0.0714. The summed E-state index contributed by atoms with van der Waals surface area (Å²) >= 11 is 11.4. The lowest BCUT2D eigenvalue weighted by atomic mass is 10.2. The molecule has 20 heavy (non-hydrogen) atoms. The average Bonchev–Trinajstić information content (AvgIpc) is 2.76. The Labute approximate surface area is 124 Å². The number of para-hydroxylation sites is 1. The Bertz CT molecular complexity index is 856. The minimum Gasteiger partial charge on any atom is -0.494 e. The molecular weight excluding hydrogens is 299 g/mol. The van der Waals surface area contributed by atoms with Crippen molar-refractivity contribution >= 4 is 34.9 Å². The molecule has 0 saturated carbocycles. The standard InChI is InChI=1S/C14H10ClFN2OS/c1-19-12-6-5-8(7-10(12)16)18-11-4-2-3-9(15)13(11)17-14(18)20/h2-7H,1H3,(H,17,20). The summed E-state index contributed by atoms with van der Waals surface area (Å²) < 4.78 is 21.0. The van der Waals surface area contributed by atoms with E-state index in [0.29, 0.717) is 15.5 Å². The van der Waals surface area contributed by atoms with Crippen molar-refractivity contribution in [1.29, 1.82) is 0 Å². The Morgan fingerprint density at radius 2 is 2.10 bits per heavy atom. The third-order valence-corrected chi connectivity index (χ3v) is 3.66. The number of halogens is 2. The first-order valence-corrected chi connectivity index (χ1v) is 6.63. The maximum absolute atomic E-state index is 13.8. The van der Waals surface area contributed by atoms with E-state index in [4.69, 9.17) is 28.6 Å². The third-order valence-electron chi connectivity index (χ3n) is 3.06. The smallest absolute Gasteiger partial charge is 0.182 e. The fourth-order valence-electron chi connectivity index (χ4n) is 2.15. The van der Waals surface area contributed by atoms with E-state index in [9.17, 15) is 4.39 Å². The zero-order valence-electron chi connectivity index (χ0n) is 10.5. The van der Waals surface area contributed by atoms with Crippen LogP contribution in [-0.2, 0) is 0 Å². The fourth-order valence-corrected chi connectivity index (χ4v) is 2.67. The van der Waals surface area contributed by atoms with Crippen molar-refractivity contribution in [3.63, 3.8) is 0 Å². The minimum absolute atomic E-state index is 0.193. The van der Waals surface area contributed by atoms with E-state index < -0.39 is 5.82 Å². The van der Waals surface area contributed by atoms with Gasteiger partial charge >= 0.3 is 0 Å². The lowest BCUT2D eigenvalue weighted by molar-refractivity contribution is 0.386. The van der Waals surface area contributed by atoms with Gasteiger partial charge in [-0.05, 0) is 36.5 Å². The lowest BCUT2D eigenvalue weighted by Crippen LogP contribution is -1.96. The zero-order chi connectivity index (χ0) is 14.3. The summed E-state index contributed by atoms with van der Waals surface area (Å²) in [5.74, 6) is -0.249. The Kier molecular flexibility index (Phi) is 3.23. The molecule has 1 aromatic heterocycles. The molecule has 0 spiro atoms. The predicted octanol–water partition coefficient (Wildman–Crippen LogP) is 4.49. The van der Waals surface area contributed by atoms with Crippen LogP contribution in [-0.4, -0.2) is 16.7 Å². The molecule has 0 radical (unpaired) electrons. The highest BCUT2D eigenvalue weighted by molar-refractivity contribution is 7.71. The number of aromatic nitrogens is 2. The van der Waals surface area contributed by atoms with Crippen LogP contribution in [0.25, 0.3) is 16.7 Å². The maximum atomic E-state index is 13.8. The Balaban J connectivity index is 2.30. The van der Waals surface area contributed by atoms with Crippen molar-refractivity contribution in [3.8, 4) is 11.4 Å². The Morgan fingerprint density at radius 3 is 2.80 bits per heavy atom. The predicted molar refractivity (Wildman–Crippen MR) is 80.0 cm³/mol. The van der Waals surface area contributed by atoms with E-state index in [1.807, 2.05) is 12.1 Å². The van der Waals surface area contributed by atoms with Gasteiger partial charge in [0.05, 0.1) is 28.9 Å². The molecule has 1 N–H and O–H groups in total. The van der Waals surface area contributed by atoms with Crippen LogP contribution in [0.15, 0.2) is 36.4 Å². The van der Waals surface area contributed by atoms with Gasteiger partial charge in [-0.2, -0.15) is 0 Å². The van der Waals surface area contributed by atoms with E-state index in [-0.39, 0.29) is 5.75 Å². The van der Waals surface area contributed by atoms with Gasteiger partial charge in [0.15, 0.2) is 16.3 Å². The van der Waals surface area contributed by atoms with Crippen molar-refractivity contribution in [2.24, 2.45) is 0 Å². The van der Waals surface area contributed by atoms with Gasteiger partial charge in [-0.15, -0.1) is 0 Å². The number of aromatic amines is 1. The molecule has 102 valence electrons. The van der Waals surface area contributed by atoms with Crippen LogP contribution in [0.2, 0.25) is 5.02 Å². The summed E-state index contributed by atoms with van der Waals surface area (Å²) in [6, 6.07) is 10.2. The van der Waals surface area contributed by atoms with Crippen molar-refractivity contribution in [3.05, 3.63) is 52.0 Å². The molecule has 6 heteroatoms. The topological polar surface area (TPSA) is 29.9 Å². The first-order valence-electron chi connectivity index (χ1n) is 5.85. The molecule has 0 atom stereocenters. The van der Waals surface area contributed by atoms with Crippen LogP contribution in [0, 0.1) is 10.6 Å². The van der Waals surface area contributed by atoms with E-state index in [2.05, 4.69) is 4.98 Å². The number of methoxy groups -OCH3 is 1. The van der Waals surface area contributed by atoms with Crippen LogP contribution in [0.3, 0.4) is 0 Å². The zero-order valence-corrected chi connectivity index (χ0v) is 12.1. The molecule has 3 aromatic rings. The molecule has 3 rings (SSSR count). The maximum Gasteiger partial charge on any atom is 0.182 e. The van der Waals surface area contributed by atoms with Crippen molar-refractivity contribution in [2.45, 2.75) is 0 Å². The molecule has 0 bridgehead atoms. The second kappa shape index (κ2) is 4.92. The van der Waals surface area contributed by atoms with Gasteiger partial charge in [-0.1, -0.05) is 17.7 Å². The number of hydrogen-bond acceptors (Lipinski definition) is 2. The number of nitrogens with one attached hydrogen (secondary N) is 1. The number of fused-ring (bicyclic) bond motifs is 1. The normalized spacial score (nSPS) is 10.9. The summed E-state index contributed by atoms with van der Waals surface area (Å²) in [5.41, 5.74) is 2.14. The molecule has 3 nitrogen and oxygen atoms in total. The average molecular weight is 309 g/mol. The number of hydrogen-bond donors (Lipinski definition) is 1. The Hall–Kier alpha value is -1.85. The van der Waals surface area contributed by atoms with Crippen molar-refractivity contribution in [2.75, 3.05) is 7.11 Å². The lowest BCUT2D eigenvalue weighted by Gasteiger charge is -2.07. The van der Waals surface area contributed by atoms with Crippen LogP contribution in [0.1, 0.15) is 0 Å². The summed E-state index contributed by atoms with van der Waals surface area (Å²) in [7, 11) is 1.43. The number of ether oxygens (including phenoxy) is 1. The number of imidazole rings is 1. The molecule has 0 unspecified atom stereocenters. The highest BCUT2D eigenvalue weighted by atomic mass is 35.5. The van der Waals surface area contributed by atoms with Crippen molar-refractivity contribution in [1.82, 2.24) is 9.55 Å². The van der Waals surface area contributed by atoms with E-state index >= 15 is 0 Å². The summed E-state index contributed by atoms with van der Waals surface area (Å²) in [6.45, 7) is 0. The number of H-pyrrole nitrogens is 1. The van der Waals surface area contributed by atoms with E-state index in [1.54, 1.807) is 22.8 Å². The van der Waals surface area contributed by atoms with Gasteiger partial charge in [0, 0.05) is 6.07 Å². The molecule has 0 aliphatic rings. The third kappa shape index (κ3) is 1.99. The van der Waals surface area contributed by atoms with Crippen LogP contribution in [0.5, 0.6) is 5.75 Å². The number of benzene rings is 2. The Morgan fingerprint density at radius 1 is 1.30 bits per heavy atom. The van der Waals surface area contributed by atoms with Gasteiger partial charge in [0.25, 0.3) is 0 Å². The summed E-state index contributed by atoms with van der Waals surface area (Å²) in [5, 5.41) is 0.571. The van der Waals surface area contributed by atoms with Gasteiger partial charge < -0.3 is 9.72 Å². The molecule has 0 aliphatic carbocycles. The van der Waals surface area contributed by atoms with Gasteiger partial charge in [0.1, 0.15) is 0 Å². The largest absolute Gasteiger partial charge is 0.494 e. The summed E-state index contributed by atoms with van der Waals surface area (Å²) in [6.07, 6.45) is 0. The van der Waals surface area contributed by atoms with Crippen LogP contribution >= 0.6 is 23.8 Å². The number of nitrogens with zero attached hydrogens (tertiary/aromatic N) is 1. The van der Waals surface area contributed by atoms with Gasteiger partial charge in [-0.25, -0.2) is 4.39 Å². The highest BCUT2D eigenvalue weighted by Crippen LogP contribution is 2.27. The van der Waals surface area contributed by atoms with E-state index in [0.717, 1.165) is 11.0 Å². The molecule has 1 heterocycles. The summed E-state index contributed by atoms with van der Waals surface area (Å²) in [4.78, 5) is 3.03. The molecule has 2 aromatic carbocycles. The SMILES string of the molecule is COc1ccc(-n2c(=S)[nH]c3c(Cl)cccc32)cc1F. The molecule has 0 amide bonds. The first-order chi connectivity index (χ1) is 9.61. The minimum atomic E-state index is -0.441. The molecule has 0 saturated heterocycles. The molecule has 0 aliphatic heterocycles. The van der Waals surface area contributed by atoms with Crippen molar-refractivity contribution < 1.29 is 9.13 Å². The van der Waals surface area contributed by atoms with Crippen LogP contribution in [0.4, 0.5) is 4.39 Å². The quantitative estimate of drug-likeness (QED) is 0.707. The van der Waals surface area contributed by atoms with Crippen LogP contribution < -0.4 is 4.74 Å². The van der Waals surface area contributed by atoms with E-state index in [1.165, 1.54) is 13.2 Å². The van der Waals surface area contributed by atoms with Gasteiger partial charge in [0.2, 0.25) is 0 Å². The highest BCUT2D eigenvalue weighted by Gasteiger charge is 2.11. The monoisotopic (exact) mass is 308 g/mol. The van der Waals surface area contributed by atoms with Gasteiger partial charge in [-0.3, -0.25) is 4.57 Å². The molecular formula is C14H10ClFN2OS. The second-order valence-corrected chi connectivity index (χ2v) is 5.01.